The lowest BCUT2D eigenvalue weighted by Crippen LogP contribution is -2.44. The molecule has 0 aliphatic heterocycles. The highest BCUT2D eigenvalue weighted by molar-refractivity contribution is 5.72. The molecule has 0 bridgehead atoms. The van der Waals surface area contributed by atoms with Crippen molar-refractivity contribution in [1.82, 2.24) is 0 Å². The van der Waals surface area contributed by atoms with Gasteiger partial charge in [-0.2, -0.15) is 0 Å². The molecule has 0 aromatic heterocycles. The van der Waals surface area contributed by atoms with Crippen molar-refractivity contribution >= 4 is 17.9 Å². The van der Waals surface area contributed by atoms with Gasteiger partial charge in [-0.05, 0) is 12.3 Å². The first-order chi connectivity index (χ1) is 10.5. The maximum atomic E-state index is 11.8. The number of carboxylic acids is 1. The van der Waals surface area contributed by atoms with Crippen LogP contribution in [0.25, 0.3) is 0 Å². The fourth-order valence-electron chi connectivity index (χ4n) is 1.98. The number of rotatable bonds is 11. The minimum atomic E-state index is -0.924. The molecule has 1 atom stereocenters. The smallest absolute Gasteiger partial charge is 0.309 e. The molecule has 7 heteroatoms. The van der Waals surface area contributed by atoms with Crippen LogP contribution in [-0.2, 0) is 23.9 Å². The molecule has 7 nitrogen and oxygen atoms in total. The van der Waals surface area contributed by atoms with E-state index in [4.69, 9.17) is 14.6 Å². The van der Waals surface area contributed by atoms with Crippen molar-refractivity contribution in [2.24, 2.45) is 5.92 Å². The zero-order valence-electron chi connectivity index (χ0n) is 14.8. The van der Waals surface area contributed by atoms with Crippen molar-refractivity contribution in [3.05, 3.63) is 0 Å². The molecule has 0 aliphatic rings. The Morgan fingerprint density at radius 3 is 2.13 bits per heavy atom. The standard InChI is InChI=1S/C16H29NO6/c1-12(2)9-16(21)23-13(11-17(3,4)5)10-15(20)22-8-6-7-14(18)19/h12-13H,6-11H2,1-5H3/p+1/t13-/m0/s1. The lowest BCUT2D eigenvalue weighted by molar-refractivity contribution is -0.873. The summed E-state index contributed by atoms with van der Waals surface area (Å²) < 4.78 is 11.0. The summed E-state index contributed by atoms with van der Waals surface area (Å²) >= 11 is 0. The Bertz CT molecular complexity index is 400. The molecule has 0 saturated heterocycles. The third kappa shape index (κ3) is 13.7. The van der Waals surface area contributed by atoms with Crippen molar-refractivity contribution < 1.29 is 33.4 Å². The van der Waals surface area contributed by atoms with Crippen LogP contribution < -0.4 is 0 Å². The summed E-state index contributed by atoms with van der Waals surface area (Å²) in [4.78, 5) is 34.0. The quantitative estimate of drug-likeness (QED) is 0.350. The van der Waals surface area contributed by atoms with Gasteiger partial charge in [0.05, 0.1) is 34.2 Å². The Kier molecular flexibility index (Phi) is 9.48. The summed E-state index contributed by atoms with van der Waals surface area (Å²) in [6.07, 6.45) is -0.0332. The van der Waals surface area contributed by atoms with Crippen molar-refractivity contribution in [3.63, 3.8) is 0 Å². The number of esters is 2. The van der Waals surface area contributed by atoms with Gasteiger partial charge in [0, 0.05) is 12.8 Å². The van der Waals surface area contributed by atoms with Crippen molar-refractivity contribution in [2.45, 2.75) is 45.6 Å². The first-order valence-electron chi connectivity index (χ1n) is 7.87. The molecule has 0 saturated carbocycles. The Balaban J connectivity index is 4.42. The maximum Gasteiger partial charge on any atom is 0.309 e. The molecule has 0 spiro atoms. The lowest BCUT2D eigenvalue weighted by atomic mass is 10.1. The van der Waals surface area contributed by atoms with Gasteiger partial charge in [-0.3, -0.25) is 14.4 Å². The highest BCUT2D eigenvalue weighted by Crippen LogP contribution is 2.10. The number of carboxylic acid groups (broad SMARTS) is 1. The predicted octanol–water partition coefficient (Wildman–Crippen LogP) is 1.45. The largest absolute Gasteiger partial charge is 0.481 e. The first kappa shape index (κ1) is 21.4. The average molecular weight is 332 g/mol. The van der Waals surface area contributed by atoms with Crippen LogP contribution in [0.5, 0.6) is 0 Å². The molecule has 0 amide bonds. The van der Waals surface area contributed by atoms with Crippen LogP contribution in [0.2, 0.25) is 0 Å². The van der Waals surface area contributed by atoms with Gasteiger partial charge in [0.1, 0.15) is 6.54 Å². The molecule has 0 heterocycles. The van der Waals surface area contributed by atoms with Crippen LogP contribution in [0, 0.1) is 5.92 Å². The van der Waals surface area contributed by atoms with Gasteiger partial charge >= 0.3 is 17.9 Å². The summed E-state index contributed by atoms with van der Waals surface area (Å²) in [6, 6.07) is 0. The number of carbonyl (C=O) groups excluding carboxylic acids is 2. The molecule has 0 unspecified atom stereocenters. The Morgan fingerprint density at radius 1 is 1.04 bits per heavy atom. The Morgan fingerprint density at radius 2 is 1.65 bits per heavy atom. The SMILES string of the molecule is CC(C)CC(=O)O[C@@H](CC(=O)OCCCC(=O)O)C[N+](C)(C)C. The lowest BCUT2D eigenvalue weighted by Gasteiger charge is -2.28. The second-order valence-corrected chi connectivity index (χ2v) is 7.10. The highest BCUT2D eigenvalue weighted by atomic mass is 16.6. The molecule has 0 fully saturated rings. The van der Waals surface area contributed by atoms with E-state index in [1.54, 1.807) is 0 Å². The summed E-state index contributed by atoms with van der Waals surface area (Å²) in [5, 5.41) is 8.52. The van der Waals surface area contributed by atoms with Gasteiger partial charge in [-0.15, -0.1) is 0 Å². The van der Waals surface area contributed by atoms with Crippen LogP contribution in [0.1, 0.15) is 39.5 Å². The van der Waals surface area contributed by atoms with Crippen LogP contribution >= 0.6 is 0 Å². The number of nitrogens with zero attached hydrogens (tertiary/aromatic N) is 1. The molecule has 1 N–H and O–H groups in total. The fraction of sp³-hybridized carbons (Fsp3) is 0.812. The van der Waals surface area contributed by atoms with E-state index in [9.17, 15) is 14.4 Å². The monoisotopic (exact) mass is 332 g/mol. The number of carbonyl (C=O) groups is 3. The van der Waals surface area contributed by atoms with E-state index in [0.717, 1.165) is 0 Å². The second-order valence-electron chi connectivity index (χ2n) is 7.10. The number of likely N-dealkylation sites (N-methyl/N-ethyl adjacent to an activating group) is 1. The maximum absolute atomic E-state index is 11.8. The number of ether oxygens (including phenoxy) is 2. The number of quaternary nitrogens is 1. The number of hydrogen-bond donors (Lipinski definition) is 1. The Labute approximate surface area is 138 Å². The summed E-state index contributed by atoms with van der Waals surface area (Å²) in [7, 11) is 5.84. The average Bonchev–Trinajstić information content (AvgIpc) is 2.30. The van der Waals surface area contributed by atoms with Gasteiger partial charge in [-0.1, -0.05) is 13.8 Å². The van der Waals surface area contributed by atoms with Crippen LogP contribution in [0.15, 0.2) is 0 Å². The minimum Gasteiger partial charge on any atom is -0.481 e. The van der Waals surface area contributed by atoms with E-state index in [0.29, 0.717) is 17.4 Å². The first-order valence-corrected chi connectivity index (χ1v) is 7.87. The zero-order chi connectivity index (χ0) is 18.0. The zero-order valence-corrected chi connectivity index (χ0v) is 14.8. The van der Waals surface area contributed by atoms with Crippen LogP contribution in [0.3, 0.4) is 0 Å². The number of aliphatic carboxylic acids is 1. The van der Waals surface area contributed by atoms with Gasteiger partial charge in [-0.25, -0.2) is 0 Å². The topological polar surface area (TPSA) is 89.9 Å². The van der Waals surface area contributed by atoms with Crippen molar-refractivity contribution in [2.75, 3.05) is 34.3 Å². The second kappa shape index (κ2) is 10.2. The number of hydrogen-bond acceptors (Lipinski definition) is 5. The van der Waals surface area contributed by atoms with Gasteiger partial charge in [0.15, 0.2) is 6.10 Å². The molecule has 0 aromatic carbocycles. The van der Waals surface area contributed by atoms with E-state index in [1.807, 2.05) is 35.0 Å². The predicted molar refractivity (Wildman–Crippen MR) is 84.7 cm³/mol. The molecular weight excluding hydrogens is 302 g/mol. The molecule has 0 aliphatic carbocycles. The third-order valence-electron chi connectivity index (χ3n) is 2.82. The van der Waals surface area contributed by atoms with Crippen LogP contribution in [0.4, 0.5) is 0 Å². The fourth-order valence-corrected chi connectivity index (χ4v) is 1.98. The normalized spacial score (nSPS) is 12.8. The molecular formula is C16H30NO6+. The summed E-state index contributed by atoms with van der Waals surface area (Å²) in [6.45, 7) is 4.40. The van der Waals surface area contributed by atoms with E-state index in [1.165, 1.54) is 0 Å². The molecule has 134 valence electrons. The van der Waals surface area contributed by atoms with E-state index < -0.39 is 18.0 Å². The molecule has 0 aromatic rings. The van der Waals surface area contributed by atoms with E-state index in [2.05, 4.69) is 0 Å². The van der Waals surface area contributed by atoms with Gasteiger partial charge < -0.3 is 19.1 Å². The summed E-state index contributed by atoms with van der Waals surface area (Å²) in [5.41, 5.74) is 0. The van der Waals surface area contributed by atoms with Crippen LogP contribution in [-0.4, -0.2) is 67.9 Å². The van der Waals surface area contributed by atoms with E-state index >= 15 is 0 Å². The van der Waals surface area contributed by atoms with Crippen molar-refractivity contribution in [3.8, 4) is 0 Å². The molecule has 23 heavy (non-hydrogen) atoms. The summed E-state index contributed by atoms with van der Waals surface area (Å²) in [5.74, 6) is -1.54. The molecule has 0 radical (unpaired) electrons. The van der Waals surface area contributed by atoms with Gasteiger partial charge in [0.25, 0.3) is 0 Å². The Hall–Kier alpha value is -1.63. The van der Waals surface area contributed by atoms with E-state index in [-0.39, 0.29) is 37.8 Å². The highest BCUT2D eigenvalue weighted by Gasteiger charge is 2.25. The van der Waals surface area contributed by atoms with Crippen molar-refractivity contribution in [1.29, 1.82) is 0 Å². The third-order valence-corrected chi connectivity index (χ3v) is 2.82. The minimum absolute atomic E-state index is 0.0214. The van der Waals surface area contributed by atoms with Gasteiger partial charge in [0.2, 0.25) is 0 Å². The molecule has 0 rings (SSSR count).